The van der Waals surface area contributed by atoms with Gasteiger partial charge in [-0.15, -0.1) is 11.3 Å². The molecule has 0 amide bonds. The van der Waals surface area contributed by atoms with Crippen LogP contribution in [0.15, 0.2) is 51.7 Å². The van der Waals surface area contributed by atoms with Gasteiger partial charge < -0.3 is 4.42 Å². The molecule has 0 N–H and O–H groups in total. The van der Waals surface area contributed by atoms with Crippen molar-refractivity contribution in [1.82, 2.24) is 4.57 Å². The van der Waals surface area contributed by atoms with E-state index in [0.29, 0.717) is 22.4 Å². The zero-order valence-electron chi connectivity index (χ0n) is 15.8. The number of carbonyl (C=O) groups is 1. The van der Waals surface area contributed by atoms with Gasteiger partial charge in [-0.05, 0) is 53.9 Å². The summed E-state index contributed by atoms with van der Waals surface area (Å²) < 4.78 is 34.4. The van der Waals surface area contributed by atoms with Gasteiger partial charge in [0.15, 0.2) is 11.4 Å². The average Bonchev–Trinajstić information content (AvgIpc) is 3.29. The number of benzene rings is 2. The minimum absolute atomic E-state index is 0.225. The van der Waals surface area contributed by atoms with Crippen molar-refractivity contribution in [1.29, 1.82) is 0 Å². The molecule has 7 heteroatoms. The van der Waals surface area contributed by atoms with Crippen LogP contribution in [-0.2, 0) is 19.9 Å². The lowest BCUT2D eigenvalue weighted by Gasteiger charge is -2.06. The predicted molar refractivity (Wildman–Crippen MR) is 109 cm³/mol. The fourth-order valence-electron chi connectivity index (χ4n) is 3.32. The Labute approximate surface area is 169 Å². The first-order chi connectivity index (χ1) is 13.9. The molecular formula is C22H17F2NO3S. The summed E-state index contributed by atoms with van der Waals surface area (Å²) in [4.78, 5) is 25.7. The maximum Gasteiger partial charge on any atom is 0.419 e. The van der Waals surface area contributed by atoms with Crippen LogP contribution in [0.3, 0.4) is 0 Å². The smallest absolute Gasteiger partial charge is 0.408 e. The molecule has 2 heterocycles. The Morgan fingerprint density at radius 2 is 1.86 bits per heavy atom. The van der Waals surface area contributed by atoms with Crippen LogP contribution in [0.5, 0.6) is 0 Å². The summed E-state index contributed by atoms with van der Waals surface area (Å²) in [5, 5.41) is 0. The molecule has 0 aliphatic heterocycles. The first kappa shape index (κ1) is 19.3. The number of rotatable bonds is 5. The lowest BCUT2D eigenvalue weighted by Crippen LogP contribution is -2.08. The lowest BCUT2D eigenvalue weighted by molar-refractivity contribution is 0.0994. The highest BCUT2D eigenvalue weighted by molar-refractivity contribution is 7.17. The zero-order valence-corrected chi connectivity index (χ0v) is 16.6. The fraction of sp³-hybridized carbons (Fsp3) is 0.182. The van der Waals surface area contributed by atoms with Gasteiger partial charge in [0.1, 0.15) is 11.6 Å². The van der Waals surface area contributed by atoms with Crippen molar-refractivity contribution >= 4 is 28.2 Å². The first-order valence-electron chi connectivity index (χ1n) is 9.07. The largest absolute Gasteiger partial charge is 0.419 e. The van der Waals surface area contributed by atoms with Crippen molar-refractivity contribution in [2.45, 2.75) is 19.8 Å². The summed E-state index contributed by atoms with van der Waals surface area (Å²) in [7, 11) is 1.63. The second-order valence-corrected chi connectivity index (χ2v) is 7.81. The van der Waals surface area contributed by atoms with E-state index in [9.17, 15) is 18.4 Å². The van der Waals surface area contributed by atoms with Crippen LogP contribution in [0.1, 0.15) is 27.7 Å². The molecule has 0 bridgehead atoms. The number of oxazole rings is 1. The molecule has 0 aliphatic rings. The van der Waals surface area contributed by atoms with E-state index >= 15 is 0 Å². The van der Waals surface area contributed by atoms with E-state index < -0.39 is 17.4 Å². The molecule has 0 saturated heterocycles. The number of ketones is 1. The number of halogens is 2. The number of aryl methyl sites for hydroxylation is 2. The monoisotopic (exact) mass is 413 g/mol. The minimum Gasteiger partial charge on any atom is -0.408 e. The number of nitrogens with zero attached hydrogens (tertiary/aromatic N) is 1. The SMILES string of the molecule is CCc1cc2oc(=O)n(C)c2cc1-c1ccc(C(=O)Cc2c(F)cccc2F)s1. The normalized spacial score (nSPS) is 11.3. The summed E-state index contributed by atoms with van der Waals surface area (Å²) in [6.07, 6.45) is 0.375. The fourth-order valence-corrected chi connectivity index (χ4v) is 4.31. The number of Topliss-reactive ketones (excluding diaryl/α,β-unsaturated/α-hetero) is 1. The van der Waals surface area contributed by atoms with Crippen molar-refractivity contribution in [3.63, 3.8) is 0 Å². The summed E-state index contributed by atoms with van der Waals surface area (Å²) in [5.41, 5.74) is 2.83. The summed E-state index contributed by atoms with van der Waals surface area (Å²) in [5.74, 6) is -2.24. The Hall–Kier alpha value is -3.06. The molecule has 4 aromatic rings. The lowest BCUT2D eigenvalue weighted by atomic mass is 10.0. The molecule has 0 unspecified atom stereocenters. The van der Waals surface area contributed by atoms with Gasteiger partial charge in [0.25, 0.3) is 0 Å². The van der Waals surface area contributed by atoms with Crippen molar-refractivity contribution in [3.8, 4) is 10.4 Å². The van der Waals surface area contributed by atoms with Crippen LogP contribution >= 0.6 is 11.3 Å². The molecule has 2 aromatic heterocycles. The van der Waals surface area contributed by atoms with E-state index in [4.69, 9.17) is 4.42 Å². The molecule has 0 aliphatic carbocycles. The molecule has 0 spiro atoms. The molecule has 4 rings (SSSR count). The molecule has 0 saturated carbocycles. The van der Waals surface area contributed by atoms with Crippen LogP contribution in [0, 0.1) is 11.6 Å². The first-order valence-corrected chi connectivity index (χ1v) is 9.89. The van der Waals surface area contributed by atoms with Gasteiger partial charge in [0, 0.05) is 23.9 Å². The molecule has 2 aromatic carbocycles. The zero-order chi connectivity index (χ0) is 20.7. The quantitative estimate of drug-likeness (QED) is 0.427. The number of thiophene rings is 1. The highest BCUT2D eigenvalue weighted by atomic mass is 32.1. The van der Waals surface area contributed by atoms with Crippen LogP contribution in [0.2, 0.25) is 0 Å². The van der Waals surface area contributed by atoms with E-state index in [2.05, 4.69) is 0 Å². The van der Waals surface area contributed by atoms with Crippen LogP contribution < -0.4 is 5.76 Å². The highest BCUT2D eigenvalue weighted by Gasteiger charge is 2.18. The number of hydrogen-bond acceptors (Lipinski definition) is 4. The Bertz CT molecular complexity index is 1280. The Morgan fingerprint density at radius 1 is 1.14 bits per heavy atom. The second kappa shape index (κ2) is 7.40. The molecule has 0 atom stereocenters. The maximum atomic E-state index is 13.9. The van der Waals surface area contributed by atoms with Crippen LogP contribution in [0.4, 0.5) is 8.78 Å². The minimum atomic E-state index is -0.727. The average molecular weight is 413 g/mol. The number of aromatic nitrogens is 1. The summed E-state index contributed by atoms with van der Waals surface area (Å²) >= 11 is 1.26. The van der Waals surface area contributed by atoms with Gasteiger partial charge in [-0.2, -0.15) is 0 Å². The molecule has 4 nitrogen and oxygen atoms in total. The Morgan fingerprint density at radius 3 is 2.55 bits per heavy atom. The van der Waals surface area contributed by atoms with E-state index in [0.717, 1.165) is 28.1 Å². The Balaban J connectivity index is 1.71. The van der Waals surface area contributed by atoms with E-state index in [1.165, 1.54) is 22.0 Å². The third-order valence-corrected chi connectivity index (χ3v) is 6.10. The van der Waals surface area contributed by atoms with Gasteiger partial charge in [0.2, 0.25) is 0 Å². The van der Waals surface area contributed by atoms with Crippen molar-refractivity contribution < 1.29 is 18.0 Å². The summed E-state index contributed by atoms with van der Waals surface area (Å²) in [6.45, 7) is 1.99. The maximum absolute atomic E-state index is 13.9. The van der Waals surface area contributed by atoms with E-state index in [-0.39, 0.29) is 17.8 Å². The molecule has 148 valence electrons. The number of hydrogen-bond donors (Lipinski definition) is 0. The van der Waals surface area contributed by atoms with Gasteiger partial charge in [-0.3, -0.25) is 9.36 Å². The standard InChI is InChI=1S/C22H17F2NO3S/c1-3-12-9-19-17(25(2)22(27)28-19)10-13(12)20-7-8-21(29-20)18(26)11-14-15(23)5-4-6-16(14)24/h4-10H,3,11H2,1-2H3. The van der Waals surface area contributed by atoms with E-state index in [1.807, 2.05) is 25.1 Å². The topological polar surface area (TPSA) is 52.2 Å². The van der Waals surface area contributed by atoms with Gasteiger partial charge in [-0.25, -0.2) is 13.6 Å². The highest BCUT2D eigenvalue weighted by Crippen LogP contribution is 2.34. The number of fused-ring (bicyclic) bond motifs is 1. The van der Waals surface area contributed by atoms with Crippen molar-refractivity contribution in [3.05, 3.63) is 80.7 Å². The second-order valence-electron chi connectivity index (χ2n) is 6.72. The van der Waals surface area contributed by atoms with Gasteiger partial charge in [0.05, 0.1) is 10.4 Å². The molecule has 0 radical (unpaired) electrons. The third-order valence-electron chi connectivity index (χ3n) is 4.94. The molecule has 0 fully saturated rings. The van der Waals surface area contributed by atoms with E-state index in [1.54, 1.807) is 13.1 Å². The number of carbonyl (C=O) groups excluding carboxylic acids is 1. The molecular weight excluding hydrogens is 396 g/mol. The molecule has 29 heavy (non-hydrogen) atoms. The predicted octanol–water partition coefficient (Wildman–Crippen LogP) is 5.13. The van der Waals surface area contributed by atoms with Gasteiger partial charge >= 0.3 is 5.76 Å². The van der Waals surface area contributed by atoms with Gasteiger partial charge in [-0.1, -0.05) is 13.0 Å². The van der Waals surface area contributed by atoms with Crippen LogP contribution in [0.25, 0.3) is 21.5 Å². The van der Waals surface area contributed by atoms with Crippen molar-refractivity contribution in [2.75, 3.05) is 0 Å². The third kappa shape index (κ3) is 3.42. The Kier molecular flexibility index (Phi) is 4.92. The van der Waals surface area contributed by atoms with Crippen molar-refractivity contribution in [2.24, 2.45) is 7.05 Å². The van der Waals surface area contributed by atoms with Crippen LogP contribution in [-0.4, -0.2) is 10.4 Å². The summed E-state index contributed by atoms with van der Waals surface area (Å²) in [6, 6.07) is 10.7.